The molecule has 1 aromatic heterocycles. The molecule has 2 fully saturated rings. The predicted octanol–water partition coefficient (Wildman–Crippen LogP) is 1.95. The number of hydrogen-bond donors (Lipinski definition) is 1. The average Bonchev–Trinajstić information content (AvgIpc) is 3.36. The van der Waals surface area contributed by atoms with E-state index in [-0.39, 0.29) is 5.56 Å². The summed E-state index contributed by atoms with van der Waals surface area (Å²) in [5, 5.41) is 1.12. The molecule has 1 aromatic carbocycles. The lowest BCUT2D eigenvalue weighted by Crippen LogP contribution is -2.40. The van der Waals surface area contributed by atoms with E-state index in [1.807, 2.05) is 11.8 Å². The van der Waals surface area contributed by atoms with Crippen molar-refractivity contribution in [3.8, 4) is 11.5 Å². The Morgan fingerprint density at radius 2 is 1.89 bits per heavy atom. The minimum absolute atomic E-state index is 0.141. The van der Waals surface area contributed by atoms with Crippen LogP contribution in [-0.2, 0) is 6.54 Å². The molecular formula is C20H28N4O3S. The summed E-state index contributed by atoms with van der Waals surface area (Å²) in [6.07, 6.45) is 4.82. The van der Waals surface area contributed by atoms with Gasteiger partial charge in [-0.25, -0.2) is 4.98 Å². The Hall–Kier alpha value is -1.77. The zero-order valence-electron chi connectivity index (χ0n) is 16.7. The third kappa shape index (κ3) is 3.73. The minimum Gasteiger partial charge on any atom is -0.493 e. The largest absolute Gasteiger partial charge is 0.493 e. The molecule has 28 heavy (non-hydrogen) atoms. The van der Waals surface area contributed by atoms with Crippen LogP contribution in [-0.4, -0.2) is 77.7 Å². The van der Waals surface area contributed by atoms with Gasteiger partial charge in [0.2, 0.25) is 0 Å². The van der Waals surface area contributed by atoms with E-state index in [0.717, 1.165) is 13.1 Å². The van der Waals surface area contributed by atoms with Crippen LogP contribution in [0.4, 0.5) is 0 Å². The summed E-state index contributed by atoms with van der Waals surface area (Å²) in [5.74, 6) is 1.81. The van der Waals surface area contributed by atoms with Crippen molar-refractivity contribution in [1.29, 1.82) is 0 Å². The van der Waals surface area contributed by atoms with Crippen molar-refractivity contribution in [2.75, 3.05) is 46.7 Å². The fourth-order valence-corrected chi connectivity index (χ4v) is 5.35. The first-order valence-electron chi connectivity index (χ1n) is 9.77. The summed E-state index contributed by atoms with van der Waals surface area (Å²) in [6.45, 7) is 5.13. The zero-order chi connectivity index (χ0) is 19.7. The van der Waals surface area contributed by atoms with Gasteiger partial charge < -0.3 is 14.5 Å². The number of thioether (sulfide) groups is 1. The first kappa shape index (κ1) is 19.5. The molecule has 2 aliphatic heterocycles. The minimum atomic E-state index is -0.141. The van der Waals surface area contributed by atoms with Crippen LogP contribution < -0.4 is 15.0 Å². The lowest BCUT2D eigenvalue weighted by Gasteiger charge is -2.27. The topological polar surface area (TPSA) is 70.7 Å². The van der Waals surface area contributed by atoms with Crippen LogP contribution in [0.2, 0.25) is 0 Å². The Balaban J connectivity index is 1.57. The van der Waals surface area contributed by atoms with E-state index in [4.69, 9.17) is 14.5 Å². The van der Waals surface area contributed by atoms with Crippen LogP contribution in [0.5, 0.6) is 11.5 Å². The van der Waals surface area contributed by atoms with Crippen molar-refractivity contribution >= 4 is 22.7 Å². The number of rotatable bonds is 6. The fourth-order valence-electron chi connectivity index (χ4n) is 4.42. The molecule has 2 aliphatic rings. The molecule has 2 saturated heterocycles. The maximum atomic E-state index is 12.6. The second-order valence-corrected chi connectivity index (χ2v) is 8.59. The summed E-state index contributed by atoms with van der Waals surface area (Å²) >= 11 is 1.95. The molecule has 3 heterocycles. The average molecular weight is 405 g/mol. The predicted molar refractivity (Wildman–Crippen MR) is 113 cm³/mol. The number of methoxy groups -OCH3 is 2. The van der Waals surface area contributed by atoms with Crippen LogP contribution in [0, 0.1) is 0 Å². The Morgan fingerprint density at radius 3 is 2.57 bits per heavy atom. The van der Waals surface area contributed by atoms with Gasteiger partial charge in [-0.05, 0) is 38.3 Å². The lowest BCUT2D eigenvalue weighted by atomic mass is 10.2. The Labute approximate surface area is 169 Å². The molecule has 1 N–H and O–H groups in total. The van der Waals surface area contributed by atoms with E-state index < -0.39 is 0 Å². The molecule has 0 aliphatic carbocycles. The van der Waals surface area contributed by atoms with E-state index in [1.165, 1.54) is 25.9 Å². The lowest BCUT2D eigenvalue weighted by molar-refractivity contribution is 0.229. The highest BCUT2D eigenvalue weighted by atomic mass is 32.2. The van der Waals surface area contributed by atoms with Crippen molar-refractivity contribution in [3.05, 3.63) is 28.3 Å². The van der Waals surface area contributed by atoms with Gasteiger partial charge in [0.1, 0.15) is 5.82 Å². The van der Waals surface area contributed by atoms with Gasteiger partial charge in [0.05, 0.1) is 31.7 Å². The highest BCUT2D eigenvalue weighted by molar-refractivity contribution is 7.99. The quantitative estimate of drug-likeness (QED) is 0.789. The summed E-state index contributed by atoms with van der Waals surface area (Å²) in [6, 6.07) is 4.05. The van der Waals surface area contributed by atoms with E-state index >= 15 is 0 Å². The molecular weight excluding hydrogens is 376 g/mol. The number of fused-ring (bicyclic) bond motifs is 1. The van der Waals surface area contributed by atoms with Crippen LogP contribution >= 0.6 is 11.8 Å². The van der Waals surface area contributed by atoms with Crippen LogP contribution in [0.3, 0.4) is 0 Å². The molecule has 0 saturated carbocycles. The number of nitrogens with zero attached hydrogens (tertiary/aromatic N) is 3. The Kier molecular flexibility index (Phi) is 5.80. The van der Waals surface area contributed by atoms with Gasteiger partial charge in [0, 0.05) is 30.4 Å². The molecule has 4 rings (SSSR count). The van der Waals surface area contributed by atoms with Crippen LogP contribution in [0.25, 0.3) is 10.9 Å². The molecule has 2 aromatic rings. The molecule has 0 spiro atoms. The summed E-state index contributed by atoms with van der Waals surface area (Å²) in [5.41, 5.74) is 0.491. The number of benzene rings is 1. The molecule has 0 amide bonds. The maximum absolute atomic E-state index is 12.6. The van der Waals surface area contributed by atoms with E-state index in [1.54, 1.807) is 26.4 Å². The second kappa shape index (κ2) is 8.31. The summed E-state index contributed by atoms with van der Waals surface area (Å²) in [7, 11) is 3.15. The molecule has 152 valence electrons. The second-order valence-electron chi connectivity index (χ2n) is 7.52. The molecule has 0 unspecified atom stereocenters. The SMILES string of the molecule is COc1cc2nc(CN3C[C@@H](SC)[C@@H](N4CCCC4)C3)[nH]c(=O)c2cc1OC. The van der Waals surface area contributed by atoms with E-state index in [2.05, 4.69) is 21.0 Å². The number of nitrogens with one attached hydrogen (secondary N) is 1. The number of likely N-dealkylation sites (tertiary alicyclic amines) is 2. The number of hydrogen-bond acceptors (Lipinski definition) is 7. The van der Waals surface area contributed by atoms with Crippen molar-refractivity contribution in [1.82, 2.24) is 19.8 Å². The summed E-state index contributed by atoms with van der Waals surface area (Å²) < 4.78 is 10.7. The zero-order valence-corrected chi connectivity index (χ0v) is 17.6. The standard InChI is InChI=1S/C20H28N4O3S/c1-26-16-8-13-14(9-17(16)27-2)21-19(22-20(13)25)12-23-10-15(18(11-23)28-3)24-6-4-5-7-24/h8-9,15,18H,4-7,10-12H2,1-3H3,(H,21,22,25)/t15-,18+/m0/s1. The smallest absolute Gasteiger partial charge is 0.258 e. The van der Waals surface area contributed by atoms with Crippen molar-refractivity contribution in [3.63, 3.8) is 0 Å². The third-order valence-corrected chi connectivity index (χ3v) is 6.93. The van der Waals surface area contributed by atoms with Crippen LogP contribution in [0.15, 0.2) is 16.9 Å². The van der Waals surface area contributed by atoms with Crippen molar-refractivity contribution in [2.24, 2.45) is 0 Å². The Bertz CT molecular complexity index is 897. The first-order valence-corrected chi connectivity index (χ1v) is 11.1. The van der Waals surface area contributed by atoms with E-state index in [0.29, 0.717) is 46.1 Å². The van der Waals surface area contributed by atoms with Gasteiger partial charge in [-0.2, -0.15) is 11.8 Å². The van der Waals surface area contributed by atoms with Gasteiger partial charge in [0.15, 0.2) is 11.5 Å². The Morgan fingerprint density at radius 1 is 1.18 bits per heavy atom. The van der Waals surface area contributed by atoms with Crippen molar-refractivity contribution < 1.29 is 9.47 Å². The van der Waals surface area contributed by atoms with Gasteiger partial charge in [0.25, 0.3) is 5.56 Å². The number of ether oxygens (including phenoxy) is 2. The molecule has 8 heteroatoms. The van der Waals surface area contributed by atoms with Gasteiger partial charge in [-0.3, -0.25) is 14.6 Å². The number of aromatic amines is 1. The summed E-state index contributed by atoms with van der Waals surface area (Å²) in [4.78, 5) is 25.3. The van der Waals surface area contributed by atoms with Crippen LogP contribution in [0.1, 0.15) is 18.7 Å². The highest BCUT2D eigenvalue weighted by Crippen LogP contribution is 2.31. The molecule has 0 radical (unpaired) electrons. The molecule has 0 bridgehead atoms. The number of H-pyrrole nitrogens is 1. The highest BCUT2D eigenvalue weighted by Gasteiger charge is 2.37. The number of aromatic nitrogens is 2. The molecule has 7 nitrogen and oxygen atoms in total. The first-order chi connectivity index (χ1) is 13.6. The third-order valence-electron chi connectivity index (χ3n) is 5.86. The maximum Gasteiger partial charge on any atom is 0.258 e. The van der Waals surface area contributed by atoms with Crippen molar-refractivity contribution in [2.45, 2.75) is 30.7 Å². The molecule has 2 atom stereocenters. The normalized spacial score (nSPS) is 23.5. The fraction of sp³-hybridized carbons (Fsp3) is 0.600. The monoisotopic (exact) mass is 404 g/mol. The van der Waals surface area contributed by atoms with Gasteiger partial charge in [-0.15, -0.1) is 0 Å². The van der Waals surface area contributed by atoms with Gasteiger partial charge in [-0.1, -0.05) is 0 Å². The van der Waals surface area contributed by atoms with Gasteiger partial charge >= 0.3 is 0 Å². The van der Waals surface area contributed by atoms with E-state index in [9.17, 15) is 4.79 Å².